The minimum Gasteiger partial charge on any atom is -0.372 e. The number of anilines is 1. The summed E-state index contributed by atoms with van der Waals surface area (Å²) in [6.45, 7) is 7.87. The van der Waals surface area contributed by atoms with Gasteiger partial charge in [-0.25, -0.2) is 4.68 Å². The Balaban J connectivity index is 2.11. The van der Waals surface area contributed by atoms with Crippen LogP contribution in [0.2, 0.25) is 0 Å². The summed E-state index contributed by atoms with van der Waals surface area (Å²) >= 11 is 0. The molecule has 0 aliphatic heterocycles. The Hall–Kier alpha value is -3.16. The molecule has 0 N–H and O–H groups in total. The Kier molecular flexibility index (Phi) is 6.48. The van der Waals surface area contributed by atoms with Crippen molar-refractivity contribution in [3.05, 3.63) is 59.8 Å². The van der Waals surface area contributed by atoms with E-state index < -0.39 is 11.9 Å². The molecule has 0 spiro atoms. The molecule has 164 valence electrons. The molecule has 31 heavy (non-hydrogen) atoms. The average molecular weight is 430 g/mol. The van der Waals surface area contributed by atoms with E-state index in [0.717, 1.165) is 29.0 Å². The molecule has 0 aliphatic carbocycles. The third kappa shape index (κ3) is 4.47. The van der Waals surface area contributed by atoms with Crippen molar-refractivity contribution >= 4 is 17.2 Å². The number of alkyl halides is 3. The van der Waals surface area contributed by atoms with Crippen LogP contribution in [0, 0.1) is 6.92 Å². The summed E-state index contributed by atoms with van der Waals surface area (Å²) in [5.41, 5.74) is 2.30. The molecule has 1 heterocycles. The summed E-state index contributed by atoms with van der Waals surface area (Å²) in [7, 11) is 2.92. The number of aryl methyl sites for hydroxylation is 1. The zero-order chi connectivity index (χ0) is 22.8. The molecule has 0 amide bonds. The molecule has 8 heteroatoms. The van der Waals surface area contributed by atoms with Gasteiger partial charge in [0.05, 0.1) is 5.11 Å². The molecule has 3 aromatic rings. The van der Waals surface area contributed by atoms with Crippen molar-refractivity contribution in [3.8, 4) is 11.1 Å². The molecule has 0 bridgehead atoms. The van der Waals surface area contributed by atoms with E-state index in [2.05, 4.69) is 29.0 Å². The first-order valence-corrected chi connectivity index (χ1v) is 10.2. The van der Waals surface area contributed by atoms with E-state index in [9.17, 15) is 13.2 Å². The van der Waals surface area contributed by atoms with Crippen LogP contribution in [0.4, 0.5) is 30.4 Å². The molecule has 5 nitrogen and oxygen atoms in total. The van der Waals surface area contributed by atoms with Gasteiger partial charge >= 0.3 is 12.0 Å². The number of hydrogen-bond donors (Lipinski definition) is 0. The van der Waals surface area contributed by atoms with Crippen LogP contribution in [0.25, 0.3) is 11.1 Å². The monoisotopic (exact) mass is 430 g/mol. The first kappa shape index (κ1) is 22.5. The van der Waals surface area contributed by atoms with Gasteiger partial charge in [-0.15, -0.1) is 0 Å². The van der Waals surface area contributed by atoms with Crippen molar-refractivity contribution in [2.45, 2.75) is 26.9 Å². The van der Waals surface area contributed by atoms with Crippen molar-refractivity contribution in [3.63, 3.8) is 0 Å². The maximum Gasteiger partial charge on any atom is 0.435 e. The quantitative estimate of drug-likeness (QED) is 0.344. The van der Waals surface area contributed by atoms with Gasteiger partial charge in [0, 0.05) is 25.8 Å². The molecule has 1 aromatic heterocycles. The number of azo groups is 1. The smallest absolute Gasteiger partial charge is 0.372 e. The minimum absolute atomic E-state index is 0.0132. The second-order valence-corrected chi connectivity index (χ2v) is 7.30. The fraction of sp³-hybridized carbons (Fsp3) is 0.348. The minimum atomic E-state index is -4.53. The van der Waals surface area contributed by atoms with Crippen LogP contribution in [0.1, 0.15) is 25.1 Å². The van der Waals surface area contributed by atoms with Gasteiger partial charge in [-0.2, -0.15) is 17.9 Å². The van der Waals surface area contributed by atoms with Crippen LogP contribution in [0.5, 0.6) is 0 Å². The SMILES string of the molecule is CCN(CC)c1ccc(N=Nc2c(-c3ccccc3)c(C(F)(F)F)n(C)[n+]2C)c(C)c1. The molecule has 0 radical (unpaired) electrons. The van der Waals surface area contributed by atoms with Gasteiger partial charge in [-0.1, -0.05) is 30.3 Å². The molecule has 3 rings (SSSR count). The number of hydrogen-bond acceptors (Lipinski definition) is 3. The van der Waals surface area contributed by atoms with Crippen molar-refractivity contribution < 1.29 is 17.9 Å². The first-order valence-electron chi connectivity index (χ1n) is 10.2. The lowest BCUT2D eigenvalue weighted by Gasteiger charge is -2.21. The Labute approximate surface area is 180 Å². The van der Waals surface area contributed by atoms with Crippen molar-refractivity contribution in [1.29, 1.82) is 0 Å². The van der Waals surface area contributed by atoms with E-state index in [1.165, 1.54) is 11.7 Å². The van der Waals surface area contributed by atoms with E-state index >= 15 is 0 Å². The fourth-order valence-corrected chi connectivity index (χ4v) is 3.67. The Bertz CT molecular complexity index is 1080. The maximum atomic E-state index is 13.9. The molecular formula is C23H27F3N5+. The topological polar surface area (TPSA) is 36.8 Å². The van der Waals surface area contributed by atoms with E-state index in [-0.39, 0.29) is 11.4 Å². The number of halogens is 3. The first-order chi connectivity index (χ1) is 14.7. The van der Waals surface area contributed by atoms with Crippen molar-refractivity contribution in [1.82, 2.24) is 4.68 Å². The summed E-state index contributed by atoms with van der Waals surface area (Å²) in [4.78, 5) is 2.22. The largest absolute Gasteiger partial charge is 0.435 e. The zero-order valence-electron chi connectivity index (χ0n) is 18.4. The summed E-state index contributed by atoms with van der Waals surface area (Å²) in [6, 6.07) is 14.3. The maximum absolute atomic E-state index is 13.9. The van der Waals surface area contributed by atoms with Gasteiger partial charge in [0.25, 0.3) is 0 Å². The van der Waals surface area contributed by atoms with Crippen LogP contribution in [-0.2, 0) is 20.3 Å². The lowest BCUT2D eigenvalue weighted by atomic mass is 10.1. The van der Waals surface area contributed by atoms with Crippen LogP contribution in [-0.4, -0.2) is 17.8 Å². The fourth-order valence-electron chi connectivity index (χ4n) is 3.67. The Morgan fingerprint density at radius 1 is 1.00 bits per heavy atom. The molecule has 0 unspecified atom stereocenters. The second kappa shape index (κ2) is 8.91. The van der Waals surface area contributed by atoms with Gasteiger partial charge in [0.2, 0.25) is 0 Å². The van der Waals surface area contributed by atoms with Crippen molar-refractivity contribution in [2.75, 3.05) is 18.0 Å². The van der Waals surface area contributed by atoms with Gasteiger partial charge in [-0.05, 0) is 55.2 Å². The summed E-state index contributed by atoms with van der Waals surface area (Å²) in [5.74, 6) is 0.147. The second-order valence-electron chi connectivity index (χ2n) is 7.30. The van der Waals surface area contributed by atoms with E-state index in [1.54, 1.807) is 37.4 Å². The summed E-state index contributed by atoms with van der Waals surface area (Å²) < 4.78 is 44.1. The van der Waals surface area contributed by atoms with Gasteiger partial charge in [-0.3, -0.25) is 0 Å². The van der Waals surface area contributed by atoms with Gasteiger partial charge < -0.3 is 4.90 Å². The van der Waals surface area contributed by atoms with Crippen LogP contribution >= 0.6 is 0 Å². The van der Waals surface area contributed by atoms with Gasteiger partial charge in [0.1, 0.15) is 18.3 Å². The highest BCUT2D eigenvalue weighted by Crippen LogP contribution is 2.41. The predicted molar refractivity (Wildman–Crippen MR) is 116 cm³/mol. The lowest BCUT2D eigenvalue weighted by molar-refractivity contribution is -0.740. The number of aromatic nitrogens is 2. The Morgan fingerprint density at radius 3 is 2.19 bits per heavy atom. The molecule has 0 saturated heterocycles. The van der Waals surface area contributed by atoms with Crippen molar-refractivity contribution in [2.24, 2.45) is 24.3 Å². The molecule has 0 saturated carbocycles. The molecule has 2 aromatic carbocycles. The summed E-state index contributed by atoms with van der Waals surface area (Å²) in [6.07, 6.45) is -4.53. The predicted octanol–water partition coefficient (Wildman–Crippen LogP) is 6.11. The van der Waals surface area contributed by atoms with Gasteiger partial charge in [0.15, 0.2) is 5.69 Å². The number of rotatable bonds is 6. The van der Waals surface area contributed by atoms with Crippen LogP contribution < -0.4 is 9.58 Å². The molecule has 0 atom stereocenters. The number of nitrogens with zero attached hydrogens (tertiary/aromatic N) is 5. The molecule has 0 aliphatic rings. The van der Waals surface area contributed by atoms with E-state index in [1.807, 2.05) is 25.1 Å². The van der Waals surface area contributed by atoms with Crippen LogP contribution in [0.3, 0.4) is 0 Å². The van der Waals surface area contributed by atoms with E-state index in [4.69, 9.17) is 0 Å². The third-order valence-electron chi connectivity index (χ3n) is 5.43. The molecule has 0 fully saturated rings. The standard InChI is InChI=1S/C23H27F3N5/c1-6-31(7-2)18-13-14-19(16(3)15-18)27-28-22-20(17-11-9-8-10-12-17)21(23(24,25)26)29(4)30(22)5/h8-15H,6-7H2,1-5H3/q+1. The third-order valence-corrected chi connectivity index (χ3v) is 5.43. The average Bonchev–Trinajstić information content (AvgIpc) is 2.99. The number of benzene rings is 2. The zero-order valence-corrected chi connectivity index (χ0v) is 18.4. The summed E-state index contributed by atoms with van der Waals surface area (Å²) in [5, 5.41) is 8.59. The Morgan fingerprint density at radius 2 is 1.65 bits per heavy atom. The lowest BCUT2D eigenvalue weighted by Crippen LogP contribution is -2.38. The highest BCUT2D eigenvalue weighted by Gasteiger charge is 2.43. The van der Waals surface area contributed by atoms with E-state index in [0.29, 0.717) is 11.3 Å². The van der Waals surface area contributed by atoms with Crippen LogP contribution in [0.15, 0.2) is 58.8 Å². The highest BCUT2D eigenvalue weighted by molar-refractivity contribution is 5.75. The molecular weight excluding hydrogens is 403 g/mol. The normalized spacial score (nSPS) is 12.0. The highest BCUT2D eigenvalue weighted by atomic mass is 19.4.